The van der Waals surface area contributed by atoms with Gasteiger partial charge in [0, 0.05) is 11.4 Å². The van der Waals surface area contributed by atoms with Crippen LogP contribution < -0.4 is 0 Å². The van der Waals surface area contributed by atoms with Crippen molar-refractivity contribution in [2.45, 2.75) is 13.8 Å². The average Bonchev–Trinajstić information content (AvgIpc) is 3.20. The Kier molecular flexibility index (Phi) is 4.28. The van der Waals surface area contributed by atoms with Crippen molar-refractivity contribution < 1.29 is 8.78 Å². The molecule has 4 nitrogen and oxygen atoms in total. The van der Waals surface area contributed by atoms with Crippen molar-refractivity contribution >= 4 is 22.7 Å². The van der Waals surface area contributed by atoms with Gasteiger partial charge in [0.05, 0.1) is 22.3 Å². The number of halogens is 2. The molecule has 0 fully saturated rings. The van der Waals surface area contributed by atoms with Crippen LogP contribution in [0.3, 0.4) is 0 Å². The van der Waals surface area contributed by atoms with E-state index in [9.17, 15) is 14.0 Å². The number of fused-ring (bicyclic) bond motifs is 1. The molecule has 0 aliphatic rings. The number of allylic oxidation sites excluding steroid dienone is 1. The molecule has 0 aliphatic carbocycles. The van der Waals surface area contributed by atoms with Gasteiger partial charge in [-0.2, -0.15) is 5.26 Å². The number of nitrogens with zero attached hydrogens (tertiary/aromatic N) is 3. The number of nitriles is 1. The maximum atomic E-state index is 14.3. The van der Waals surface area contributed by atoms with Crippen LogP contribution in [-0.4, -0.2) is 14.5 Å². The molecule has 0 unspecified atom stereocenters. The van der Waals surface area contributed by atoms with Crippen molar-refractivity contribution in [2.24, 2.45) is 0 Å². The highest BCUT2D eigenvalue weighted by Crippen LogP contribution is 2.26. The number of para-hydroxylation sites is 1. The first-order valence-electron chi connectivity index (χ1n) is 8.69. The molecule has 0 atom stereocenters. The van der Waals surface area contributed by atoms with Crippen LogP contribution in [0.25, 0.3) is 28.4 Å². The molecule has 2 heterocycles. The first-order chi connectivity index (χ1) is 13.5. The van der Waals surface area contributed by atoms with E-state index in [2.05, 4.69) is 16.0 Å². The van der Waals surface area contributed by atoms with Gasteiger partial charge in [0.2, 0.25) is 0 Å². The molecule has 2 aromatic carbocycles. The minimum absolute atomic E-state index is 0.311. The lowest BCUT2D eigenvalue weighted by Crippen LogP contribution is -2.01. The Morgan fingerprint density at radius 1 is 1.14 bits per heavy atom. The summed E-state index contributed by atoms with van der Waals surface area (Å²) in [4.78, 5) is 7.35. The number of benzene rings is 2. The van der Waals surface area contributed by atoms with Gasteiger partial charge in [0.15, 0.2) is 0 Å². The van der Waals surface area contributed by atoms with Gasteiger partial charge in [-0.05, 0) is 61.9 Å². The molecule has 0 spiro atoms. The summed E-state index contributed by atoms with van der Waals surface area (Å²) >= 11 is 0. The fraction of sp³-hybridized carbons (Fsp3) is 0.0909. The molecule has 0 amide bonds. The number of aromatic amines is 1. The van der Waals surface area contributed by atoms with Crippen molar-refractivity contribution in [3.63, 3.8) is 0 Å². The van der Waals surface area contributed by atoms with Gasteiger partial charge in [0.25, 0.3) is 0 Å². The smallest absolute Gasteiger partial charge is 0.149 e. The standard InChI is InChI=1S/C22H16F2N4/c1-13-9-15(14(2)28(13)21-6-4-3-5-18(21)24)10-16(12-25)22-26-19-8-7-17(23)11-20(19)27-22/h3-11H,1-2H3,(H,26,27)/b16-10-. The summed E-state index contributed by atoms with van der Waals surface area (Å²) < 4.78 is 29.5. The third-order valence-electron chi connectivity index (χ3n) is 4.68. The van der Waals surface area contributed by atoms with E-state index in [-0.39, 0.29) is 11.6 Å². The van der Waals surface area contributed by atoms with Crippen LogP contribution in [0.15, 0.2) is 48.5 Å². The summed E-state index contributed by atoms with van der Waals surface area (Å²) in [6.45, 7) is 3.75. The minimum Gasteiger partial charge on any atom is -0.337 e. The third-order valence-corrected chi connectivity index (χ3v) is 4.68. The number of aryl methyl sites for hydroxylation is 1. The number of aromatic nitrogens is 3. The first-order valence-corrected chi connectivity index (χ1v) is 8.69. The van der Waals surface area contributed by atoms with E-state index in [4.69, 9.17) is 0 Å². The van der Waals surface area contributed by atoms with Crippen molar-refractivity contribution in [1.82, 2.24) is 14.5 Å². The molecule has 0 saturated heterocycles. The molecule has 0 bridgehead atoms. The van der Waals surface area contributed by atoms with Crippen LogP contribution in [0, 0.1) is 36.8 Å². The summed E-state index contributed by atoms with van der Waals surface area (Å²) in [5.74, 6) is -0.336. The summed E-state index contributed by atoms with van der Waals surface area (Å²) in [6, 6.07) is 14.8. The molecule has 4 aromatic rings. The molecule has 0 aliphatic heterocycles. The molecule has 0 radical (unpaired) electrons. The highest BCUT2D eigenvalue weighted by molar-refractivity contribution is 5.90. The monoisotopic (exact) mass is 374 g/mol. The number of rotatable bonds is 3. The van der Waals surface area contributed by atoms with Gasteiger partial charge in [-0.3, -0.25) is 0 Å². The van der Waals surface area contributed by atoms with Crippen LogP contribution >= 0.6 is 0 Å². The van der Waals surface area contributed by atoms with E-state index in [0.29, 0.717) is 28.1 Å². The van der Waals surface area contributed by atoms with E-state index in [0.717, 1.165) is 17.0 Å². The maximum absolute atomic E-state index is 14.3. The summed E-state index contributed by atoms with van der Waals surface area (Å²) in [5.41, 5.74) is 4.29. The Labute approximate surface area is 160 Å². The second-order valence-corrected chi connectivity index (χ2v) is 6.53. The van der Waals surface area contributed by atoms with E-state index < -0.39 is 0 Å². The number of imidazole rings is 1. The lowest BCUT2D eigenvalue weighted by atomic mass is 10.1. The molecule has 1 N–H and O–H groups in total. The highest BCUT2D eigenvalue weighted by Gasteiger charge is 2.15. The second-order valence-electron chi connectivity index (χ2n) is 6.53. The normalized spacial score (nSPS) is 11.8. The van der Waals surface area contributed by atoms with E-state index >= 15 is 0 Å². The van der Waals surface area contributed by atoms with Crippen LogP contribution in [0.2, 0.25) is 0 Å². The Morgan fingerprint density at radius 3 is 2.68 bits per heavy atom. The second kappa shape index (κ2) is 6.78. The van der Waals surface area contributed by atoms with E-state index in [1.807, 2.05) is 24.5 Å². The highest BCUT2D eigenvalue weighted by atomic mass is 19.1. The van der Waals surface area contributed by atoms with Gasteiger partial charge in [-0.1, -0.05) is 12.1 Å². The molecular formula is C22H16F2N4. The van der Waals surface area contributed by atoms with Crippen molar-refractivity contribution in [3.05, 3.63) is 82.9 Å². The molecule has 4 rings (SSSR count). The van der Waals surface area contributed by atoms with Gasteiger partial charge < -0.3 is 9.55 Å². The van der Waals surface area contributed by atoms with Crippen LogP contribution in [0.4, 0.5) is 8.78 Å². The van der Waals surface area contributed by atoms with Crippen molar-refractivity contribution in [2.75, 3.05) is 0 Å². The Hall–Kier alpha value is -3.72. The van der Waals surface area contributed by atoms with Gasteiger partial charge in [-0.25, -0.2) is 13.8 Å². The zero-order valence-corrected chi connectivity index (χ0v) is 15.3. The summed E-state index contributed by atoms with van der Waals surface area (Å²) in [6.07, 6.45) is 1.70. The maximum Gasteiger partial charge on any atom is 0.149 e. The molecule has 0 saturated carbocycles. The van der Waals surface area contributed by atoms with Crippen molar-refractivity contribution in [3.8, 4) is 11.8 Å². The number of hydrogen-bond donors (Lipinski definition) is 1. The molecular weight excluding hydrogens is 358 g/mol. The van der Waals surface area contributed by atoms with Gasteiger partial charge in [0.1, 0.15) is 23.5 Å². The van der Waals surface area contributed by atoms with Gasteiger partial charge in [-0.15, -0.1) is 0 Å². The predicted molar refractivity (Wildman–Crippen MR) is 105 cm³/mol. The largest absolute Gasteiger partial charge is 0.337 e. The zero-order valence-electron chi connectivity index (χ0n) is 15.3. The number of H-pyrrole nitrogens is 1. The lowest BCUT2D eigenvalue weighted by Gasteiger charge is -2.10. The van der Waals surface area contributed by atoms with Crippen molar-refractivity contribution in [1.29, 1.82) is 5.26 Å². The molecule has 138 valence electrons. The van der Waals surface area contributed by atoms with Gasteiger partial charge >= 0.3 is 0 Å². The topological polar surface area (TPSA) is 57.4 Å². The lowest BCUT2D eigenvalue weighted by molar-refractivity contribution is 0.615. The molecule has 28 heavy (non-hydrogen) atoms. The first kappa shape index (κ1) is 17.7. The molecule has 6 heteroatoms. The quantitative estimate of drug-likeness (QED) is 0.494. The fourth-order valence-electron chi connectivity index (χ4n) is 3.36. The number of nitrogens with one attached hydrogen (secondary N) is 1. The van der Waals surface area contributed by atoms with E-state index in [1.165, 1.54) is 18.2 Å². The number of hydrogen-bond acceptors (Lipinski definition) is 2. The SMILES string of the molecule is Cc1cc(/C=C(/C#N)c2nc3ccc(F)cc3[nH]2)c(C)n1-c1ccccc1F. The summed E-state index contributed by atoms with van der Waals surface area (Å²) in [7, 11) is 0. The third kappa shape index (κ3) is 2.97. The molecule has 2 aromatic heterocycles. The minimum atomic E-state index is -0.376. The fourth-order valence-corrected chi connectivity index (χ4v) is 3.36. The Bertz CT molecular complexity index is 1270. The van der Waals surface area contributed by atoms with Crippen LogP contribution in [0.5, 0.6) is 0 Å². The van der Waals surface area contributed by atoms with E-state index in [1.54, 1.807) is 30.3 Å². The van der Waals surface area contributed by atoms with Crippen LogP contribution in [-0.2, 0) is 0 Å². The Balaban J connectivity index is 1.82. The Morgan fingerprint density at radius 2 is 1.93 bits per heavy atom. The predicted octanol–water partition coefficient (Wildman–Crippen LogP) is 5.31. The van der Waals surface area contributed by atoms with Crippen LogP contribution in [0.1, 0.15) is 22.8 Å². The average molecular weight is 374 g/mol. The summed E-state index contributed by atoms with van der Waals surface area (Å²) in [5, 5.41) is 9.63. The zero-order chi connectivity index (χ0) is 19.8.